The smallest absolute Gasteiger partial charge is 0.283 e. The van der Waals surface area contributed by atoms with Gasteiger partial charge in [0, 0.05) is 15.7 Å². The molecule has 0 saturated carbocycles. The number of rotatable bonds is 3. The Morgan fingerprint density at radius 2 is 1.53 bits per heavy atom. The summed E-state index contributed by atoms with van der Waals surface area (Å²) in [5.41, 5.74) is 4.32. The molecule has 0 unspecified atom stereocenters. The average Bonchev–Trinajstić information content (AvgIpc) is 3.20. The molecule has 5 aromatic rings. The summed E-state index contributed by atoms with van der Waals surface area (Å²) in [6.45, 7) is 2.03. The van der Waals surface area contributed by atoms with E-state index in [1.807, 2.05) is 90.4 Å². The lowest BCUT2D eigenvalue weighted by Gasteiger charge is -2.13. The Morgan fingerprint density at radius 3 is 2.23 bits per heavy atom. The number of hydrogen-bond acceptors (Lipinski definition) is 3. The van der Waals surface area contributed by atoms with E-state index >= 15 is 0 Å². The van der Waals surface area contributed by atoms with Crippen molar-refractivity contribution in [2.45, 2.75) is 6.92 Å². The Labute approximate surface area is 181 Å². The number of para-hydroxylation sites is 1. The Hall–Kier alpha value is -3.51. The number of imidazole rings is 1. The van der Waals surface area contributed by atoms with E-state index in [0.29, 0.717) is 17.0 Å². The van der Waals surface area contributed by atoms with E-state index in [1.54, 1.807) is 10.9 Å². The fourth-order valence-electron chi connectivity index (χ4n) is 3.46. The minimum absolute atomic E-state index is 0.201. The maximum Gasteiger partial charge on any atom is 0.286 e. The summed E-state index contributed by atoms with van der Waals surface area (Å²) >= 11 is 3.46. The molecular weight excluding hydrogens is 440 g/mol. The van der Waals surface area contributed by atoms with Gasteiger partial charge in [-0.2, -0.15) is 0 Å². The predicted octanol–water partition coefficient (Wildman–Crippen LogP) is 5.31. The van der Waals surface area contributed by atoms with Crippen molar-refractivity contribution in [1.82, 2.24) is 19.1 Å². The maximum atomic E-state index is 13.6. The first-order chi connectivity index (χ1) is 14.6. The van der Waals surface area contributed by atoms with Crippen molar-refractivity contribution in [2.75, 3.05) is 0 Å². The van der Waals surface area contributed by atoms with Gasteiger partial charge in [-0.25, -0.2) is 9.97 Å². The fourth-order valence-corrected chi connectivity index (χ4v) is 3.72. The zero-order valence-electron chi connectivity index (χ0n) is 16.2. The van der Waals surface area contributed by atoms with Crippen LogP contribution in [-0.2, 0) is 0 Å². The van der Waals surface area contributed by atoms with Crippen LogP contribution in [0.1, 0.15) is 5.56 Å². The third-order valence-electron chi connectivity index (χ3n) is 5.00. The predicted molar refractivity (Wildman–Crippen MR) is 122 cm³/mol. The maximum absolute atomic E-state index is 13.6. The summed E-state index contributed by atoms with van der Waals surface area (Å²) in [6.07, 6.45) is 1.65. The standard InChI is InChI=1S/C24H17BrN4O/c1-16-7-9-17(10-8-16)22-27-23-21(26-15-28(23)19-5-3-2-4-6-19)24(30)29(22)20-13-11-18(25)12-14-20/h2-15H,1H3. The molecule has 30 heavy (non-hydrogen) atoms. The molecule has 5 nitrogen and oxygen atoms in total. The van der Waals surface area contributed by atoms with Gasteiger partial charge in [0.15, 0.2) is 11.2 Å². The van der Waals surface area contributed by atoms with Gasteiger partial charge < -0.3 is 0 Å². The highest BCUT2D eigenvalue weighted by atomic mass is 79.9. The van der Waals surface area contributed by atoms with Gasteiger partial charge in [-0.3, -0.25) is 13.9 Å². The lowest BCUT2D eigenvalue weighted by atomic mass is 10.1. The van der Waals surface area contributed by atoms with Crippen molar-refractivity contribution in [2.24, 2.45) is 0 Å². The highest BCUT2D eigenvalue weighted by Gasteiger charge is 2.18. The van der Waals surface area contributed by atoms with Crippen LogP contribution in [-0.4, -0.2) is 19.1 Å². The number of nitrogens with zero attached hydrogens (tertiary/aromatic N) is 4. The largest absolute Gasteiger partial charge is 0.286 e. The van der Waals surface area contributed by atoms with Crippen molar-refractivity contribution in [1.29, 1.82) is 0 Å². The summed E-state index contributed by atoms with van der Waals surface area (Å²) in [4.78, 5) is 22.9. The van der Waals surface area contributed by atoms with Crippen LogP contribution in [0.2, 0.25) is 0 Å². The van der Waals surface area contributed by atoms with Gasteiger partial charge in [-0.05, 0) is 43.3 Å². The summed E-state index contributed by atoms with van der Waals surface area (Å²) in [5, 5.41) is 0. The molecule has 2 aromatic heterocycles. The number of fused-ring (bicyclic) bond motifs is 1. The molecule has 146 valence electrons. The zero-order valence-corrected chi connectivity index (χ0v) is 17.7. The molecular formula is C24H17BrN4O. The molecule has 0 spiro atoms. The van der Waals surface area contributed by atoms with Gasteiger partial charge in [0.05, 0.1) is 5.69 Å². The van der Waals surface area contributed by atoms with E-state index < -0.39 is 0 Å². The van der Waals surface area contributed by atoms with Gasteiger partial charge in [-0.1, -0.05) is 64.0 Å². The Kier molecular flexibility index (Phi) is 4.56. The lowest BCUT2D eigenvalue weighted by molar-refractivity contribution is 0.961. The SMILES string of the molecule is Cc1ccc(-c2nc3c(ncn3-c3ccccc3)c(=O)n2-c2ccc(Br)cc2)cc1. The lowest BCUT2D eigenvalue weighted by Crippen LogP contribution is -2.22. The quantitative estimate of drug-likeness (QED) is 0.369. The number of halogens is 1. The summed E-state index contributed by atoms with van der Waals surface area (Å²) in [6, 6.07) is 25.4. The van der Waals surface area contributed by atoms with Crippen LogP contribution >= 0.6 is 15.9 Å². The summed E-state index contributed by atoms with van der Waals surface area (Å²) < 4.78 is 4.42. The first-order valence-electron chi connectivity index (χ1n) is 9.50. The average molecular weight is 457 g/mol. The topological polar surface area (TPSA) is 52.7 Å². The van der Waals surface area contributed by atoms with Crippen LogP contribution in [0.4, 0.5) is 0 Å². The van der Waals surface area contributed by atoms with Crippen molar-refractivity contribution in [3.63, 3.8) is 0 Å². The Balaban J connectivity index is 1.85. The number of hydrogen-bond donors (Lipinski definition) is 0. The van der Waals surface area contributed by atoms with Gasteiger partial charge >= 0.3 is 0 Å². The second-order valence-electron chi connectivity index (χ2n) is 7.04. The van der Waals surface area contributed by atoms with Crippen molar-refractivity contribution in [3.8, 4) is 22.8 Å². The summed E-state index contributed by atoms with van der Waals surface area (Å²) in [7, 11) is 0. The van der Waals surface area contributed by atoms with Crippen LogP contribution in [0.25, 0.3) is 33.9 Å². The van der Waals surface area contributed by atoms with Crippen LogP contribution in [0.5, 0.6) is 0 Å². The molecule has 5 rings (SSSR count). The molecule has 0 amide bonds. The molecule has 0 aliphatic heterocycles. The molecule has 0 atom stereocenters. The normalized spacial score (nSPS) is 11.1. The molecule has 0 aliphatic rings. The van der Waals surface area contributed by atoms with E-state index in [9.17, 15) is 4.79 Å². The van der Waals surface area contributed by atoms with Crippen molar-refractivity contribution < 1.29 is 0 Å². The fraction of sp³-hybridized carbons (Fsp3) is 0.0417. The molecule has 6 heteroatoms. The number of aromatic nitrogens is 4. The van der Waals surface area contributed by atoms with Crippen LogP contribution in [0, 0.1) is 6.92 Å². The van der Waals surface area contributed by atoms with E-state index in [-0.39, 0.29) is 5.56 Å². The molecule has 2 heterocycles. The van der Waals surface area contributed by atoms with E-state index in [1.165, 1.54) is 0 Å². The van der Waals surface area contributed by atoms with Gasteiger partial charge in [0.1, 0.15) is 12.2 Å². The molecule has 0 saturated heterocycles. The van der Waals surface area contributed by atoms with Crippen LogP contribution in [0.3, 0.4) is 0 Å². The van der Waals surface area contributed by atoms with Crippen LogP contribution < -0.4 is 5.56 Å². The molecule has 3 aromatic carbocycles. The highest BCUT2D eigenvalue weighted by Crippen LogP contribution is 2.24. The third-order valence-corrected chi connectivity index (χ3v) is 5.53. The zero-order chi connectivity index (χ0) is 20.7. The highest BCUT2D eigenvalue weighted by molar-refractivity contribution is 9.10. The second-order valence-corrected chi connectivity index (χ2v) is 7.96. The minimum atomic E-state index is -0.201. The first kappa shape index (κ1) is 18.5. The molecule has 0 bridgehead atoms. The Morgan fingerprint density at radius 1 is 0.833 bits per heavy atom. The molecule has 0 fully saturated rings. The van der Waals surface area contributed by atoms with E-state index in [4.69, 9.17) is 4.98 Å². The third kappa shape index (κ3) is 3.15. The van der Waals surface area contributed by atoms with Gasteiger partial charge in [-0.15, -0.1) is 0 Å². The molecule has 0 aliphatic carbocycles. The second kappa shape index (κ2) is 7.39. The van der Waals surface area contributed by atoms with Gasteiger partial charge in [0.2, 0.25) is 0 Å². The van der Waals surface area contributed by atoms with Crippen molar-refractivity contribution in [3.05, 3.63) is 106 Å². The molecule has 0 radical (unpaired) electrons. The van der Waals surface area contributed by atoms with Crippen LogP contribution in [0.15, 0.2) is 94.5 Å². The minimum Gasteiger partial charge on any atom is -0.283 e. The monoisotopic (exact) mass is 456 g/mol. The summed E-state index contributed by atoms with van der Waals surface area (Å²) in [5.74, 6) is 0.576. The number of benzene rings is 3. The van der Waals surface area contributed by atoms with E-state index in [0.717, 1.165) is 27.0 Å². The first-order valence-corrected chi connectivity index (χ1v) is 10.3. The Bertz CT molecular complexity index is 1400. The number of aryl methyl sites for hydroxylation is 1. The van der Waals surface area contributed by atoms with E-state index in [2.05, 4.69) is 20.9 Å². The van der Waals surface area contributed by atoms with Crippen molar-refractivity contribution >= 4 is 27.1 Å². The van der Waals surface area contributed by atoms with Gasteiger partial charge in [0.25, 0.3) is 5.56 Å². The molecule has 0 N–H and O–H groups in total.